The van der Waals surface area contributed by atoms with Crippen LogP contribution >= 0.6 is 0 Å². The number of nitrogen functional groups attached to an aromatic ring is 1. The van der Waals surface area contributed by atoms with Crippen LogP contribution in [0.15, 0.2) is 59.7 Å². The first kappa shape index (κ1) is 13.8. The molecular weight excluding hydrogens is 250 g/mol. The highest BCUT2D eigenvalue weighted by molar-refractivity contribution is 5.99. The summed E-state index contributed by atoms with van der Waals surface area (Å²) >= 11 is 0. The van der Waals surface area contributed by atoms with Gasteiger partial charge in [0.05, 0.1) is 12.1 Å². The maximum Gasteiger partial charge on any atom is 0.244 e. The van der Waals surface area contributed by atoms with Gasteiger partial charge in [0.25, 0.3) is 0 Å². The Labute approximate surface area is 118 Å². The Hall–Kier alpha value is -2.62. The quantitative estimate of drug-likeness (QED) is 0.507. The molecule has 0 saturated heterocycles. The molecule has 2 aromatic rings. The molecule has 2 aromatic carbocycles. The van der Waals surface area contributed by atoms with Crippen LogP contribution in [0.25, 0.3) is 0 Å². The second kappa shape index (κ2) is 6.52. The molecule has 0 saturated carbocycles. The minimum Gasteiger partial charge on any atom is -0.399 e. The monoisotopic (exact) mass is 267 g/mol. The minimum absolute atomic E-state index is 0.139. The van der Waals surface area contributed by atoms with Crippen molar-refractivity contribution in [3.63, 3.8) is 0 Å². The number of carbonyl (C=O) groups excluding carboxylic acids is 1. The molecule has 1 amide bonds. The largest absolute Gasteiger partial charge is 0.399 e. The predicted molar refractivity (Wildman–Crippen MR) is 81.4 cm³/mol. The first-order valence-corrected chi connectivity index (χ1v) is 6.38. The van der Waals surface area contributed by atoms with Gasteiger partial charge in [0.15, 0.2) is 0 Å². The van der Waals surface area contributed by atoms with E-state index < -0.39 is 0 Å². The molecule has 0 fully saturated rings. The Kier molecular flexibility index (Phi) is 4.50. The number of hydrogen-bond acceptors (Lipinski definition) is 3. The molecule has 0 radical (unpaired) electrons. The van der Waals surface area contributed by atoms with Crippen LogP contribution in [0.5, 0.6) is 0 Å². The van der Waals surface area contributed by atoms with Crippen molar-refractivity contribution in [2.45, 2.75) is 13.3 Å². The lowest BCUT2D eigenvalue weighted by atomic mass is 10.1. The first-order chi connectivity index (χ1) is 9.65. The van der Waals surface area contributed by atoms with E-state index in [0.717, 1.165) is 16.8 Å². The number of rotatable bonds is 4. The highest BCUT2D eigenvalue weighted by Gasteiger charge is 2.03. The molecule has 0 heterocycles. The zero-order chi connectivity index (χ0) is 14.4. The lowest BCUT2D eigenvalue weighted by Crippen LogP contribution is -2.21. The molecule has 0 aromatic heterocycles. The van der Waals surface area contributed by atoms with Gasteiger partial charge < -0.3 is 5.73 Å². The lowest BCUT2D eigenvalue weighted by Gasteiger charge is -2.04. The lowest BCUT2D eigenvalue weighted by molar-refractivity contribution is -0.120. The Morgan fingerprint density at radius 3 is 2.60 bits per heavy atom. The molecule has 0 spiro atoms. The van der Waals surface area contributed by atoms with Gasteiger partial charge in [0.2, 0.25) is 5.91 Å². The van der Waals surface area contributed by atoms with E-state index in [1.165, 1.54) is 0 Å². The number of nitrogens with two attached hydrogens (primary N) is 1. The molecular formula is C16H17N3O. The standard InChI is InChI=1S/C16H17N3O/c1-12(14-8-5-9-15(17)11-14)18-19-16(20)10-13-6-3-2-4-7-13/h2-9,11H,10,17H2,1H3,(H,19,20)/b18-12+. The van der Waals surface area contributed by atoms with Crippen molar-refractivity contribution in [1.29, 1.82) is 0 Å². The predicted octanol–water partition coefficient (Wildman–Crippen LogP) is 2.35. The van der Waals surface area contributed by atoms with Crippen molar-refractivity contribution < 1.29 is 4.79 Å². The number of hydrazone groups is 1. The van der Waals surface area contributed by atoms with E-state index in [2.05, 4.69) is 10.5 Å². The van der Waals surface area contributed by atoms with Gasteiger partial charge >= 0.3 is 0 Å². The summed E-state index contributed by atoms with van der Waals surface area (Å²) in [5.74, 6) is -0.139. The Morgan fingerprint density at radius 1 is 1.15 bits per heavy atom. The van der Waals surface area contributed by atoms with E-state index in [4.69, 9.17) is 5.73 Å². The molecule has 0 aliphatic carbocycles. The molecule has 0 aliphatic heterocycles. The molecule has 4 nitrogen and oxygen atoms in total. The van der Waals surface area contributed by atoms with Crippen LogP contribution in [0.4, 0.5) is 5.69 Å². The summed E-state index contributed by atoms with van der Waals surface area (Å²) in [7, 11) is 0. The fourth-order valence-corrected chi connectivity index (χ4v) is 1.80. The molecule has 3 N–H and O–H groups in total. The van der Waals surface area contributed by atoms with Crippen LogP contribution in [0.2, 0.25) is 0 Å². The SMILES string of the molecule is C/C(=N\NC(=O)Cc1ccccc1)c1cccc(N)c1. The number of benzene rings is 2. The van der Waals surface area contributed by atoms with Crippen molar-refractivity contribution >= 4 is 17.3 Å². The second-order valence-electron chi connectivity index (χ2n) is 4.52. The van der Waals surface area contributed by atoms with Crippen LogP contribution in [0.1, 0.15) is 18.1 Å². The number of nitrogens with zero attached hydrogens (tertiary/aromatic N) is 1. The summed E-state index contributed by atoms with van der Waals surface area (Å²) in [5, 5.41) is 4.09. The van der Waals surface area contributed by atoms with Crippen molar-refractivity contribution in [3.05, 3.63) is 65.7 Å². The van der Waals surface area contributed by atoms with E-state index in [1.54, 1.807) is 0 Å². The average molecular weight is 267 g/mol. The van der Waals surface area contributed by atoms with Crippen LogP contribution < -0.4 is 11.2 Å². The van der Waals surface area contributed by atoms with E-state index in [0.29, 0.717) is 12.1 Å². The van der Waals surface area contributed by atoms with Gasteiger partial charge in [0.1, 0.15) is 0 Å². The minimum atomic E-state index is -0.139. The number of carbonyl (C=O) groups is 1. The van der Waals surface area contributed by atoms with Gasteiger partial charge in [-0.05, 0) is 30.2 Å². The van der Waals surface area contributed by atoms with Crippen LogP contribution in [-0.4, -0.2) is 11.6 Å². The second-order valence-corrected chi connectivity index (χ2v) is 4.52. The summed E-state index contributed by atoms with van der Waals surface area (Å²) in [6.45, 7) is 1.83. The summed E-state index contributed by atoms with van der Waals surface area (Å²) in [4.78, 5) is 11.8. The summed E-state index contributed by atoms with van der Waals surface area (Å²) in [6.07, 6.45) is 0.314. The molecule has 102 valence electrons. The fraction of sp³-hybridized carbons (Fsp3) is 0.125. The summed E-state index contributed by atoms with van der Waals surface area (Å²) in [5.41, 5.74) is 11.5. The van der Waals surface area contributed by atoms with E-state index in [-0.39, 0.29) is 5.91 Å². The topological polar surface area (TPSA) is 67.5 Å². The smallest absolute Gasteiger partial charge is 0.244 e. The third-order valence-corrected chi connectivity index (χ3v) is 2.86. The van der Waals surface area contributed by atoms with Crippen molar-refractivity contribution in [2.75, 3.05) is 5.73 Å². The number of nitrogens with one attached hydrogen (secondary N) is 1. The van der Waals surface area contributed by atoms with Gasteiger partial charge in [-0.2, -0.15) is 5.10 Å². The molecule has 20 heavy (non-hydrogen) atoms. The van der Waals surface area contributed by atoms with Gasteiger partial charge in [-0.15, -0.1) is 0 Å². The van der Waals surface area contributed by atoms with E-state index in [1.807, 2.05) is 61.5 Å². The van der Waals surface area contributed by atoms with Crippen molar-refractivity contribution in [2.24, 2.45) is 5.10 Å². The fourth-order valence-electron chi connectivity index (χ4n) is 1.80. The van der Waals surface area contributed by atoms with Crippen LogP contribution in [-0.2, 0) is 11.2 Å². The van der Waals surface area contributed by atoms with Gasteiger partial charge in [-0.3, -0.25) is 4.79 Å². The highest BCUT2D eigenvalue weighted by Crippen LogP contribution is 2.07. The van der Waals surface area contributed by atoms with E-state index >= 15 is 0 Å². The van der Waals surface area contributed by atoms with Crippen molar-refractivity contribution in [3.8, 4) is 0 Å². The number of amides is 1. The normalized spacial score (nSPS) is 11.2. The van der Waals surface area contributed by atoms with Gasteiger partial charge in [-0.1, -0.05) is 42.5 Å². The molecule has 4 heteroatoms. The summed E-state index contributed by atoms with van der Waals surface area (Å²) in [6, 6.07) is 16.9. The number of hydrogen-bond donors (Lipinski definition) is 2. The average Bonchev–Trinajstić information content (AvgIpc) is 2.46. The molecule has 0 bridgehead atoms. The Morgan fingerprint density at radius 2 is 1.90 bits per heavy atom. The third-order valence-electron chi connectivity index (χ3n) is 2.86. The first-order valence-electron chi connectivity index (χ1n) is 6.38. The molecule has 0 unspecified atom stereocenters. The Balaban J connectivity index is 1.97. The maximum absolute atomic E-state index is 11.8. The zero-order valence-corrected chi connectivity index (χ0v) is 11.3. The van der Waals surface area contributed by atoms with Gasteiger partial charge in [-0.25, -0.2) is 5.43 Å². The number of anilines is 1. The van der Waals surface area contributed by atoms with Gasteiger partial charge in [0, 0.05) is 5.69 Å². The summed E-state index contributed by atoms with van der Waals surface area (Å²) < 4.78 is 0. The van der Waals surface area contributed by atoms with E-state index in [9.17, 15) is 4.79 Å². The molecule has 0 aliphatic rings. The van der Waals surface area contributed by atoms with Crippen LogP contribution in [0.3, 0.4) is 0 Å². The Bertz CT molecular complexity index is 621. The van der Waals surface area contributed by atoms with Crippen molar-refractivity contribution in [1.82, 2.24) is 5.43 Å². The van der Waals surface area contributed by atoms with Crippen LogP contribution in [0, 0.1) is 0 Å². The molecule has 0 atom stereocenters. The molecule has 2 rings (SSSR count). The third kappa shape index (κ3) is 3.95. The highest BCUT2D eigenvalue weighted by atomic mass is 16.2. The maximum atomic E-state index is 11.8. The zero-order valence-electron chi connectivity index (χ0n) is 11.3.